The van der Waals surface area contributed by atoms with Crippen LogP contribution in [0.15, 0.2) is 30.3 Å². The molecule has 116 valence electrons. The van der Waals surface area contributed by atoms with Crippen molar-refractivity contribution >= 4 is 17.2 Å². The van der Waals surface area contributed by atoms with E-state index in [9.17, 15) is 4.79 Å². The normalized spacial score (nSPS) is 18.5. The summed E-state index contributed by atoms with van der Waals surface area (Å²) in [6, 6.07) is 10.4. The molecule has 1 aliphatic heterocycles. The molecule has 2 aromatic rings. The van der Waals surface area contributed by atoms with Gasteiger partial charge < -0.3 is 10.2 Å². The lowest BCUT2D eigenvalue weighted by molar-refractivity contribution is -0.133. The number of benzene rings is 1. The summed E-state index contributed by atoms with van der Waals surface area (Å²) in [5.74, 6) is 0.196. The van der Waals surface area contributed by atoms with Crippen LogP contribution in [0.2, 0.25) is 0 Å². The fourth-order valence-corrected chi connectivity index (χ4v) is 3.88. The largest absolute Gasteiger partial charge is 0.333 e. The Morgan fingerprint density at radius 3 is 2.82 bits per heavy atom. The summed E-state index contributed by atoms with van der Waals surface area (Å²) in [5, 5.41) is 4.42. The molecule has 1 amide bonds. The van der Waals surface area contributed by atoms with E-state index in [0.29, 0.717) is 6.42 Å². The van der Waals surface area contributed by atoms with Crippen molar-refractivity contribution in [1.29, 1.82) is 0 Å². The molecule has 1 fully saturated rings. The smallest absolute Gasteiger partial charge is 0.228 e. The van der Waals surface area contributed by atoms with E-state index in [2.05, 4.69) is 22.4 Å². The number of piperazine rings is 1. The van der Waals surface area contributed by atoms with Crippen LogP contribution in [0.5, 0.6) is 0 Å². The van der Waals surface area contributed by atoms with Gasteiger partial charge in [0.25, 0.3) is 0 Å². The Hall–Kier alpha value is -1.72. The van der Waals surface area contributed by atoms with Crippen LogP contribution in [0.25, 0.3) is 0 Å². The van der Waals surface area contributed by atoms with Gasteiger partial charge in [-0.1, -0.05) is 30.3 Å². The van der Waals surface area contributed by atoms with Crippen LogP contribution in [0.3, 0.4) is 0 Å². The van der Waals surface area contributed by atoms with Crippen molar-refractivity contribution in [3.63, 3.8) is 0 Å². The first-order chi connectivity index (χ1) is 10.6. The van der Waals surface area contributed by atoms with Crippen LogP contribution >= 0.6 is 11.3 Å². The van der Waals surface area contributed by atoms with Crippen molar-refractivity contribution in [2.24, 2.45) is 0 Å². The van der Waals surface area contributed by atoms with E-state index in [1.807, 2.05) is 36.9 Å². The molecular weight excluding hydrogens is 294 g/mol. The van der Waals surface area contributed by atoms with E-state index in [1.165, 1.54) is 5.56 Å². The first-order valence-electron chi connectivity index (χ1n) is 7.63. The summed E-state index contributed by atoms with van der Waals surface area (Å²) in [6.07, 6.45) is 0.459. The number of nitrogens with one attached hydrogen (secondary N) is 1. The Labute approximate surface area is 135 Å². The average molecular weight is 315 g/mol. The molecule has 0 unspecified atom stereocenters. The SMILES string of the molecule is Cc1nc(C)c(CC(=O)N2CCNC[C@H]2c2ccccc2)s1. The standard InChI is InChI=1S/C17H21N3OS/c1-12-16(22-13(2)19-12)10-17(21)20-9-8-18-11-15(20)14-6-4-3-5-7-14/h3-7,15,18H,8-11H2,1-2H3/t15-/m0/s1. The maximum absolute atomic E-state index is 12.8. The zero-order chi connectivity index (χ0) is 15.5. The highest BCUT2D eigenvalue weighted by Crippen LogP contribution is 2.25. The molecule has 0 aliphatic carbocycles. The van der Waals surface area contributed by atoms with Crippen LogP contribution in [-0.2, 0) is 11.2 Å². The van der Waals surface area contributed by atoms with Crippen LogP contribution in [0.1, 0.15) is 27.2 Å². The lowest BCUT2D eigenvalue weighted by atomic mass is 10.0. The minimum absolute atomic E-state index is 0.122. The molecule has 1 aromatic heterocycles. The number of rotatable bonds is 3. The van der Waals surface area contributed by atoms with Crippen molar-refractivity contribution in [2.45, 2.75) is 26.3 Å². The summed E-state index contributed by atoms with van der Waals surface area (Å²) in [6.45, 7) is 6.41. The van der Waals surface area contributed by atoms with E-state index in [4.69, 9.17) is 0 Å². The Bertz CT molecular complexity index is 653. The third-order valence-electron chi connectivity index (χ3n) is 4.06. The summed E-state index contributed by atoms with van der Waals surface area (Å²) < 4.78 is 0. The minimum Gasteiger partial charge on any atom is -0.333 e. The predicted octanol–water partition coefficient (Wildman–Crippen LogP) is 2.48. The Balaban J connectivity index is 1.78. The van der Waals surface area contributed by atoms with Gasteiger partial charge in [0, 0.05) is 24.5 Å². The molecule has 0 spiro atoms. The summed E-state index contributed by atoms with van der Waals surface area (Å²) in [4.78, 5) is 20.3. The number of amides is 1. The van der Waals surface area contributed by atoms with Crippen molar-refractivity contribution in [3.8, 4) is 0 Å². The number of carbonyl (C=O) groups is 1. The lowest BCUT2D eigenvalue weighted by Crippen LogP contribution is -2.49. The van der Waals surface area contributed by atoms with Crippen LogP contribution < -0.4 is 5.32 Å². The van der Waals surface area contributed by atoms with Gasteiger partial charge in [-0.05, 0) is 19.4 Å². The quantitative estimate of drug-likeness (QED) is 0.946. The second-order valence-corrected chi connectivity index (χ2v) is 6.92. The molecule has 22 heavy (non-hydrogen) atoms. The maximum atomic E-state index is 12.8. The first-order valence-corrected chi connectivity index (χ1v) is 8.45. The number of aromatic nitrogens is 1. The number of aryl methyl sites for hydroxylation is 2. The second-order valence-electron chi connectivity index (χ2n) is 5.64. The molecular formula is C17H21N3OS. The molecule has 1 aromatic carbocycles. The molecule has 0 bridgehead atoms. The zero-order valence-electron chi connectivity index (χ0n) is 13.0. The highest BCUT2D eigenvalue weighted by molar-refractivity contribution is 7.11. The highest BCUT2D eigenvalue weighted by Gasteiger charge is 2.28. The third-order valence-corrected chi connectivity index (χ3v) is 5.13. The van der Waals surface area contributed by atoms with Crippen molar-refractivity contribution in [3.05, 3.63) is 51.5 Å². The van der Waals surface area contributed by atoms with Gasteiger partial charge in [0.1, 0.15) is 0 Å². The molecule has 2 heterocycles. The predicted molar refractivity (Wildman–Crippen MR) is 89.1 cm³/mol. The van der Waals surface area contributed by atoms with Gasteiger partial charge in [-0.25, -0.2) is 4.98 Å². The van der Waals surface area contributed by atoms with Crippen LogP contribution in [-0.4, -0.2) is 35.4 Å². The monoisotopic (exact) mass is 315 g/mol. The molecule has 5 heteroatoms. The molecule has 1 N–H and O–H groups in total. The molecule has 3 rings (SSSR count). The van der Waals surface area contributed by atoms with Gasteiger partial charge in [0.15, 0.2) is 0 Å². The van der Waals surface area contributed by atoms with Crippen LogP contribution in [0.4, 0.5) is 0 Å². The van der Waals surface area contributed by atoms with Gasteiger partial charge in [0.2, 0.25) is 5.91 Å². The van der Waals surface area contributed by atoms with E-state index >= 15 is 0 Å². The van der Waals surface area contributed by atoms with E-state index in [1.54, 1.807) is 11.3 Å². The van der Waals surface area contributed by atoms with Crippen molar-refractivity contribution in [1.82, 2.24) is 15.2 Å². The number of thiazole rings is 1. The van der Waals surface area contributed by atoms with E-state index in [-0.39, 0.29) is 11.9 Å². The fourth-order valence-electron chi connectivity index (χ4n) is 2.95. The number of hydrogen-bond acceptors (Lipinski definition) is 4. The second kappa shape index (κ2) is 6.58. The number of nitrogens with zero attached hydrogens (tertiary/aromatic N) is 2. The Kier molecular flexibility index (Phi) is 4.55. The number of hydrogen-bond donors (Lipinski definition) is 1. The molecule has 0 saturated carbocycles. The lowest BCUT2D eigenvalue weighted by Gasteiger charge is -2.36. The molecule has 0 radical (unpaired) electrons. The average Bonchev–Trinajstić information content (AvgIpc) is 2.85. The van der Waals surface area contributed by atoms with Gasteiger partial charge >= 0.3 is 0 Å². The summed E-state index contributed by atoms with van der Waals surface area (Å²) >= 11 is 1.63. The summed E-state index contributed by atoms with van der Waals surface area (Å²) in [5.41, 5.74) is 2.18. The summed E-state index contributed by atoms with van der Waals surface area (Å²) in [7, 11) is 0. The Morgan fingerprint density at radius 2 is 2.14 bits per heavy atom. The molecule has 4 nitrogen and oxygen atoms in total. The van der Waals surface area contributed by atoms with Gasteiger partial charge in [0.05, 0.1) is 23.2 Å². The first kappa shape index (κ1) is 15.2. The highest BCUT2D eigenvalue weighted by atomic mass is 32.1. The number of carbonyl (C=O) groups excluding carboxylic acids is 1. The zero-order valence-corrected chi connectivity index (χ0v) is 13.8. The maximum Gasteiger partial charge on any atom is 0.228 e. The molecule has 1 saturated heterocycles. The van der Waals surface area contributed by atoms with E-state index in [0.717, 1.165) is 35.2 Å². The van der Waals surface area contributed by atoms with Gasteiger partial charge in [-0.2, -0.15) is 0 Å². The van der Waals surface area contributed by atoms with Gasteiger partial charge in [-0.3, -0.25) is 4.79 Å². The van der Waals surface area contributed by atoms with Crippen molar-refractivity contribution in [2.75, 3.05) is 19.6 Å². The van der Waals surface area contributed by atoms with Crippen LogP contribution in [0, 0.1) is 13.8 Å². The fraction of sp³-hybridized carbons (Fsp3) is 0.412. The molecule has 1 aliphatic rings. The van der Waals surface area contributed by atoms with Crippen molar-refractivity contribution < 1.29 is 4.79 Å². The third kappa shape index (κ3) is 3.20. The topological polar surface area (TPSA) is 45.2 Å². The minimum atomic E-state index is 0.122. The Morgan fingerprint density at radius 1 is 1.36 bits per heavy atom. The van der Waals surface area contributed by atoms with Gasteiger partial charge in [-0.15, -0.1) is 11.3 Å². The molecule has 1 atom stereocenters. The van der Waals surface area contributed by atoms with E-state index < -0.39 is 0 Å².